The molecule has 0 amide bonds. The van der Waals surface area contributed by atoms with Crippen LogP contribution in [-0.2, 0) is 4.74 Å². The largest absolute Gasteiger partial charge is 0.388 e. The van der Waals surface area contributed by atoms with E-state index in [9.17, 15) is 13.6 Å². The molecular formula is C18H23ClF2N4O2. The first-order valence-electron chi connectivity index (χ1n) is 8.01. The van der Waals surface area contributed by atoms with Crippen LogP contribution in [0.5, 0.6) is 0 Å². The first-order valence-corrected chi connectivity index (χ1v) is 8.39. The summed E-state index contributed by atoms with van der Waals surface area (Å²) in [5.41, 5.74) is 6.61. The van der Waals surface area contributed by atoms with Gasteiger partial charge in [0.25, 0.3) is 5.92 Å². The van der Waals surface area contributed by atoms with Gasteiger partial charge in [-0.1, -0.05) is 35.9 Å². The van der Waals surface area contributed by atoms with Gasteiger partial charge >= 0.3 is 0 Å². The second-order valence-electron chi connectivity index (χ2n) is 6.12. The Morgan fingerprint density at radius 3 is 2.33 bits per heavy atom. The lowest BCUT2D eigenvalue weighted by Crippen LogP contribution is -2.47. The lowest BCUT2D eigenvalue weighted by atomic mass is 9.88. The Labute approximate surface area is 162 Å². The van der Waals surface area contributed by atoms with Crippen LogP contribution in [-0.4, -0.2) is 55.4 Å². The Morgan fingerprint density at radius 2 is 1.89 bits per heavy atom. The third-order valence-electron chi connectivity index (χ3n) is 3.83. The molecule has 1 aromatic carbocycles. The summed E-state index contributed by atoms with van der Waals surface area (Å²) in [4.78, 5) is 12.0. The van der Waals surface area contributed by atoms with Crippen molar-refractivity contribution in [3.63, 3.8) is 0 Å². The van der Waals surface area contributed by atoms with E-state index in [-0.39, 0.29) is 23.8 Å². The Morgan fingerprint density at radius 1 is 1.33 bits per heavy atom. The highest BCUT2D eigenvalue weighted by Gasteiger charge is 2.41. The summed E-state index contributed by atoms with van der Waals surface area (Å²) in [5, 5.41) is 14.5. The van der Waals surface area contributed by atoms with Crippen molar-refractivity contribution in [2.75, 3.05) is 27.3 Å². The third kappa shape index (κ3) is 7.07. The summed E-state index contributed by atoms with van der Waals surface area (Å²) in [6.07, 6.45) is 1.44. The number of rotatable bonds is 5. The van der Waals surface area contributed by atoms with Gasteiger partial charge in [-0.05, 0) is 5.56 Å². The number of carbonyl (C=O) groups is 1. The average molecular weight is 401 g/mol. The van der Waals surface area contributed by atoms with E-state index in [0.717, 1.165) is 6.08 Å². The molecule has 1 atom stereocenters. The van der Waals surface area contributed by atoms with Crippen molar-refractivity contribution in [1.82, 2.24) is 4.90 Å². The number of allylic oxidation sites excluding steroid dienone is 1. The smallest absolute Gasteiger partial charge is 0.265 e. The Hall–Kier alpha value is -2.32. The van der Waals surface area contributed by atoms with Gasteiger partial charge in [-0.2, -0.15) is 0 Å². The van der Waals surface area contributed by atoms with Gasteiger partial charge in [-0.3, -0.25) is 15.6 Å². The van der Waals surface area contributed by atoms with Gasteiger partial charge in [0.2, 0.25) is 0 Å². The number of carbonyl (C=O) groups excluding carboxylic acids is 1. The minimum absolute atomic E-state index is 0.00360. The molecule has 9 heteroatoms. The van der Waals surface area contributed by atoms with Crippen molar-refractivity contribution in [3.8, 4) is 0 Å². The number of piperidine rings is 1. The van der Waals surface area contributed by atoms with Gasteiger partial charge in [0.1, 0.15) is 17.3 Å². The molecule has 148 valence electrons. The highest BCUT2D eigenvalue weighted by molar-refractivity contribution is 6.67. The molecule has 1 aromatic rings. The second-order valence-corrected chi connectivity index (χ2v) is 6.53. The molecule has 0 aliphatic carbocycles. The van der Waals surface area contributed by atoms with Crippen molar-refractivity contribution in [3.05, 3.63) is 47.2 Å². The molecule has 27 heavy (non-hydrogen) atoms. The van der Waals surface area contributed by atoms with Crippen LogP contribution in [0.3, 0.4) is 0 Å². The van der Waals surface area contributed by atoms with Crippen LogP contribution in [0.15, 0.2) is 36.0 Å². The molecular weight excluding hydrogens is 378 g/mol. The standard InChI is InChI=1S/C16H17ClF2N4O.C2H6O/c17-14(20)5-13(15(21)22)23-7-12(6-16(18,19)9-23)11-3-1-10(8-24)2-4-11;1-3-2/h1-5,8,12,20H,6-7,9H2,(H3,21,22);1-2H3/b13-5+,20-14?;. The van der Waals surface area contributed by atoms with Gasteiger partial charge in [0.15, 0.2) is 0 Å². The fourth-order valence-electron chi connectivity index (χ4n) is 2.81. The number of nitrogens with one attached hydrogen (secondary N) is 2. The topological polar surface area (TPSA) is 103 Å². The second kappa shape index (κ2) is 10.1. The minimum atomic E-state index is -2.98. The minimum Gasteiger partial charge on any atom is -0.388 e. The number of ether oxygens (including phenoxy) is 1. The third-order valence-corrected chi connectivity index (χ3v) is 3.94. The van der Waals surface area contributed by atoms with E-state index in [1.165, 1.54) is 4.90 Å². The first kappa shape index (κ1) is 22.7. The van der Waals surface area contributed by atoms with Crippen molar-refractivity contribution in [1.29, 1.82) is 10.8 Å². The summed E-state index contributed by atoms with van der Waals surface area (Å²) in [6.45, 7) is -0.378. The zero-order valence-electron chi connectivity index (χ0n) is 15.1. The first-order chi connectivity index (χ1) is 12.6. The van der Waals surface area contributed by atoms with Crippen molar-refractivity contribution < 1.29 is 18.3 Å². The van der Waals surface area contributed by atoms with Crippen molar-refractivity contribution in [2.45, 2.75) is 18.3 Å². The number of aldehydes is 1. The number of halogens is 3. The molecule has 1 saturated heterocycles. The van der Waals surface area contributed by atoms with E-state index in [4.69, 9.17) is 28.2 Å². The monoisotopic (exact) mass is 400 g/mol. The quantitative estimate of drug-likeness (QED) is 0.401. The molecule has 0 spiro atoms. The van der Waals surface area contributed by atoms with Crippen LogP contribution in [0.25, 0.3) is 0 Å². The summed E-state index contributed by atoms with van der Waals surface area (Å²) >= 11 is 5.50. The van der Waals surface area contributed by atoms with Gasteiger partial charge in [0.05, 0.1) is 12.2 Å². The predicted octanol–water partition coefficient (Wildman–Crippen LogP) is 3.22. The van der Waals surface area contributed by atoms with E-state index in [1.807, 2.05) is 0 Å². The van der Waals surface area contributed by atoms with E-state index in [1.54, 1.807) is 38.5 Å². The molecule has 1 heterocycles. The summed E-state index contributed by atoms with van der Waals surface area (Å²) in [6, 6.07) is 6.45. The molecule has 4 N–H and O–H groups in total. The molecule has 0 bridgehead atoms. The van der Waals surface area contributed by atoms with Crippen LogP contribution in [0.2, 0.25) is 0 Å². The number of alkyl halides is 2. The molecule has 0 saturated carbocycles. The van der Waals surface area contributed by atoms with Gasteiger partial charge in [0, 0.05) is 44.7 Å². The van der Waals surface area contributed by atoms with Crippen LogP contribution >= 0.6 is 11.6 Å². The molecule has 1 fully saturated rings. The molecule has 0 aromatic heterocycles. The summed E-state index contributed by atoms with van der Waals surface area (Å²) in [5.74, 6) is -3.90. The fraction of sp³-hybridized carbons (Fsp3) is 0.389. The Bertz CT molecular complexity index is 708. The highest BCUT2D eigenvalue weighted by Crippen LogP contribution is 2.37. The zero-order chi connectivity index (χ0) is 20.6. The van der Waals surface area contributed by atoms with Crippen LogP contribution < -0.4 is 5.73 Å². The van der Waals surface area contributed by atoms with Gasteiger partial charge in [-0.25, -0.2) is 8.78 Å². The Balaban J connectivity index is 0.00000114. The number of amidine groups is 1. The van der Waals surface area contributed by atoms with Crippen LogP contribution in [0, 0.1) is 10.8 Å². The van der Waals surface area contributed by atoms with Crippen molar-refractivity contribution >= 4 is 28.9 Å². The molecule has 6 nitrogen and oxygen atoms in total. The number of nitrogens with two attached hydrogens (primary N) is 1. The van der Waals surface area contributed by atoms with Gasteiger partial charge < -0.3 is 15.4 Å². The average Bonchev–Trinajstić information content (AvgIpc) is 2.58. The molecule has 0 radical (unpaired) electrons. The molecule has 1 unspecified atom stereocenters. The van der Waals surface area contributed by atoms with Crippen LogP contribution in [0.1, 0.15) is 28.3 Å². The molecule has 1 aliphatic heterocycles. The number of hydrogen-bond acceptors (Lipinski definition) is 5. The van der Waals surface area contributed by atoms with E-state index >= 15 is 0 Å². The number of benzene rings is 1. The fourth-order valence-corrected chi connectivity index (χ4v) is 2.92. The maximum Gasteiger partial charge on any atom is 0.265 e. The zero-order valence-corrected chi connectivity index (χ0v) is 15.9. The lowest BCUT2D eigenvalue weighted by molar-refractivity contribution is -0.0613. The Kier molecular flexibility index (Phi) is 8.52. The van der Waals surface area contributed by atoms with E-state index in [0.29, 0.717) is 17.4 Å². The lowest BCUT2D eigenvalue weighted by Gasteiger charge is -2.40. The number of nitrogens with zero attached hydrogens (tertiary/aromatic N) is 1. The summed E-state index contributed by atoms with van der Waals surface area (Å²) < 4.78 is 32.6. The van der Waals surface area contributed by atoms with Gasteiger partial charge in [-0.15, -0.1) is 0 Å². The number of hydrogen-bond donors (Lipinski definition) is 3. The molecule has 2 rings (SSSR count). The maximum atomic E-state index is 14.2. The summed E-state index contributed by atoms with van der Waals surface area (Å²) in [7, 11) is 3.25. The number of methoxy groups -OCH3 is 1. The molecule has 1 aliphatic rings. The predicted molar refractivity (Wildman–Crippen MR) is 102 cm³/mol. The SMILES string of the molecule is COC.N=C(Cl)/C=C(\C(=N)N)N1CC(c2ccc(C=O)cc2)CC(F)(F)C1. The highest BCUT2D eigenvalue weighted by atomic mass is 35.5. The normalized spacial score (nSPS) is 18.9. The van der Waals surface area contributed by atoms with E-state index in [2.05, 4.69) is 4.74 Å². The maximum absolute atomic E-state index is 14.2. The van der Waals surface area contributed by atoms with Crippen molar-refractivity contribution in [2.24, 2.45) is 5.73 Å². The number of likely N-dealkylation sites (tertiary alicyclic amines) is 1. The van der Waals surface area contributed by atoms with E-state index < -0.39 is 24.2 Å². The van der Waals surface area contributed by atoms with Crippen LogP contribution in [0.4, 0.5) is 8.78 Å².